The molecule has 0 aliphatic rings. The van der Waals surface area contributed by atoms with Gasteiger partial charge in [-0.15, -0.1) is 0 Å². The first-order chi connectivity index (χ1) is 30.7. The summed E-state index contributed by atoms with van der Waals surface area (Å²) in [6.07, 6.45) is -4.51. The van der Waals surface area contributed by atoms with Crippen molar-refractivity contribution in [2.24, 2.45) is 5.41 Å². The van der Waals surface area contributed by atoms with Crippen molar-refractivity contribution in [2.75, 3.05) is 83.8 Å². The van der Waals surface area contributed by atoms with Crippen LogP contribution in [0.3, 0.4) is 0 Å². The second-order valence-corrected chi connectivity index (χ2v) is 12.5. The molecular formula is C40H46O24. The van der Waals surface area contributed by atoms with E-state index in [-0.39, 0.29) is 81.3 Å². The van der Waals surface area contributed by atoms with Gasteiger partial charge >= 0.3 is 36.4 Å². The third-order valence-electron chi connectivity index (χ3n) is 8.53. The van der Waals surface area contributed by atoms with Crippen LogP contribution in [0.5, 0.6) is 51.7 Å². The molecule has 0 amide bonds. The van der Waals surface area contributed by atoms with Crippen molar-refractivity contribution >= 4 is 36.4 Å². The van der Waals surface area contributed by atoms with E-state index >= 15 is 0 Å². The Kier molecular flexibility index (Phi) is 19.3. The summed E-state index contributed by atoms with van der Waals surface area (Å²) < 4.78 is 62.4. The minimum absolute atomic E-state index is 0.0392. The molecule has 3 aromatic carbocycles. The molecule has 0 N–H and O–H groups in total. The van der Waals surface area contributed by atoms with Gasteiger partial charge in [0.2, 0.25) is 17.2 Å². The Labute approximate surface area is 364 Å². The van der Waals surface area contributed by atoms with E-state index in [4.69, 9.17) is 56.8 Å². The molecular weight excluding hydrogens is 864 g/mol. The van der Waals surface area contributed by atoms with Crippen LogP contribution in [0, 0.1) is 5.41 Å². The third-order valence-corrected chi connectivity index (χ3v) is 8.53. The number of hydrogen-bond acceptors (Lipinski definition) is 24. The average molecular weight is 911 g/mol. The summed E-state index contributed by atoms with van der Waals surface area (Å²) in [6, 6.07) is 7.34. The molecule has 0 radical (unpaired) electrons. The second kappa shape index (κ2) is 24.5. The van der Waals surface area contributed by atoms with Gasteiger partial charge in [-0.1, -0.05) is 13.3 Å². The first-order valence-corrected chi connectivity index (χ1v) is 18.3. The van der Waals surface area contributed by atoms with Crippen molar-refractivity contribution in [3.8, 4) is 51.7 Å². The van der Waals surface area contributed by atoms with Crippen LogP contribution in [-0.4, -0.2) is 120 Å². The number of carbonyl (C=O) groups excluding carboxylic acids is 6. The van der Waals surface area contributed by atoms with Gasteiger partial charge in [0.15, 0.2) is 34.5 Å². The van der Waals surface area contributed by atoms with E-state index in [0.717, 1.165) is 0 Å². The van der Waals surface area contributed by atoms with Crippen LogP contribution in [-0.2, 0) is 43.5 Å². The monoisotopic (exact) mass is 910 g/mol. The molecule has 0 aliphatic carbocycles. The van der Waals surface area contributed by atoms with E-state index in [1.165, 1.54) is 100 Å². The Morgan fingerprint density at radius 1 is 0.375 bits per heavy atom. The molecule has 0 aliphatic heterocycles. The van der Waals surface area contributed by atoms with E-state index in [9.17, 15) is 28.8 Å². The third kappa shape index (κ3) is 13.3. The molecule has 0 unspecified atom stereocenters. The minimum Gasteiger partial charge on any atom is -0.493 e. The fourth-order valence-electron chi connectivity index (χ4n) is 5.54. The molecule has 0 spiro atoms. The summed E-state index contributed by atoms with van der Waals surface area (Å²) in [6.45, 7) is -0.628. The summed E-state index contributed by atoms with van der Waals surface area (Å²) in [5.41, 5.74) is -2.20. The van der Waals surface area contributed by atoms with Gasteiger partial charge in [0, 0.05) is 0 Å². The Morgan fingerprint density at radius 2 is 0.609 bits per heavy atom. The standard InChI is InChI=1S/C40H46O24/c1-11-12-40(19-56-37(44)62-59-34(41)22-13-25(47-2)31(53-8)26(14-22)48-3,20-57-38(45)63-60-35(42)23-15-27(49-4)32(54-9)28(16-23)50-5)21-58-39(46)64-61-36(43)24-17-29(51-6)33(55-10)30(18-24)52-7/h13-18H,11-12,19-21H2,1-10H3. The number of ether oxygens (including phenoxy) is 12. The lowest BCUT2D eigenvalue weighted by atomic mass is 9.86. The largest absolute Gasteiger partial charge is 0.549 e. The summed E-state index contributed by atoms with van der Waals surface area (Å²) >= 11 is 0. The summed E-state index contributed by atoms with van der Waals surface area (Å²) in [5, 5.41) is 0. The van der Waals surface area contributed by atoms with E-state index in [0.29, 0.717) is 0 Å². The van der Waals surface area contributed by atoms with Crippen molar-refractivity contribution < 1.29 is 115 Å². The van der Waals surface area contributed by atoms with E-state index in [1.807, 2.05) is 0 Å². The maximum Gasteiger partial charge on any atom is 0.549 e. The van der Waals surface area contributed by atoms with Gasteiger partial charge in [-0.25, -0.2) is 43.7 Å². The molecule has 0 bridgehead atoms. The molecule has 0 saturated heterocycles. The summed E-state index contributed by atoms with van der Waals surface area (Å²) in [5.74, 6) is -2.53. The highest BCUT2D eigenvalue weighted by Crippen LogP contribution is 2.40. The van der Waals surface area contributed by atoms with E-state index in [1.54, 1.807) is 6.92 Å². The Hall–Kier alpha value is -7.92. The SMILES string of the molecule is CCCC(COC(=O)OOC(=O)c1cc(OC)c(OC)c(OC)c1)(COC(=O)OOC(=O)c1cc(OC)c(OC)c(OC)c1)COC(=O)OOC(=O)c1cc(OC)c(OC)c(OC)c1. The molecule has 3 aromatic rings. The van der Waals surface area contributed by atoms with Gasteiger partial charge in [-0.05, 0) is 42.8 Å². The van der Waals surface area contributed by atoms with Crippen molar-refractivity contribution in [3.63, 3.8) is 0 Å². The highest BCUT2D eigenvalue weighted by Gasteiger charge is 2.37. The normalized spacial score (nSPS) is 10.4. The Bertz CT molecular complexity index is 1810. The zero-order valence-electron chi connectivity index (χ0n) is 36.3. The molecule has 24 nitrogen and oxygen atoms in total. The van der Waals surface area contributed by atoms with Crippen LogP contribution in [0.4, 0.5) is 14.4 Å². The maximum absolute atomic E-state index is 12.8. The number of hydrogen-bond donors (Lipinski definition) is 0. The Morgan fingerprint density at radius 3 is 0.797 bits per heavy atom. The molecule has 3 rings (SSSR count). The van der Waals surface area contributed by atoms with Gasteiger partial charge in [0.05, 0.1) is 86.1 Å². The van der Waals surface area contributed by atoms with Crippen LogP contribution >= 0.6 is 0 Å². The lowest BCUT2D eigenvalue weighted by molar-refractivity contribution is -0.217. The molecule has 0 heterocycles. The summed E-state index contributed by atoms with van der Waals surface area (Å²) in [7, 11) is 11.9. The number of methoxy groups -OCH3 is 9. The van der Waals surface area contributed by atoms with Crippen LogP contribution < -0.4 is 42.6 Å². The number of benzene rings is 3. The minimum atomic E-state index is -1.66. The first-order valence-electron chi connectivity index (χ1n) is 18.3. The molecule has 0 fully saturated rings. The van der Waals surface area contributed by atoms with Gasteiger partial charge in [-0.2, -0.15) is 14.4 Å². The van der Waals surface area contributed by atoms with Gasteiger partial charge in [0.1, 0.15) is 19.8 Å². The average Bonchev–Trinajstić information content (AvgIpc) is 3.32. The highest BCUT2D eigenvalue weighted by molar-refractivity contribution is 5.92. The summed E-state index contributed by atoms with van der Waals surface area (Å²) in [4.78, 5) is 104. The lowest BCUT2D eigenvalue weighted by Gasteiger charge is -2.30. The predicted octanol–water partition coefficient (Wildman–Crippen LogP) is 5.63. The van der Waals surface area contributed by atoms with Crippen LogP contribution in [0.15, 0.2) is 36.4 Å². The number of rotatable bonds is 20. The van der Waals surface area contributed by atoms with Crippen molar-refractivity contribution in [1.29, 1.82) is 0 Å². The lowest BCUT2D eigenvalue weighted by Crippen LogP contribution is -2.40. The number of carbonyl (C=O) groups is 6. The molecule has 24 heteroatoms. The zero-order chi connectivity index (χ0) is 47.4. The second-order valence-electron chi connectivity index (χ2n) is 12.5. The predicted molar refractivity (Wildman–Crippen MR) is 209 cm³/mol. The van der Waals surface area contributed by atoms with Crippen LogP contribution in [0.1, 0.15) is 50.8 Å². The molecule has 64 heavy (non-hydrogen) atoms. The van der Waals surface area contributed by atoms with Crippen LogP contribution in [0.25, 0.3) is 0 Å². The quantitative estimate of drug-likeness (QED) is 0.0575. The van der Waals surface area contributed by atoms with Gasteiger partial charge < -0.3 is 56.8 Å². The van der Waals surface area contributed by atoms with E-state index < -0.39 is 61.6 Å². The molecule has 0 atom stereocenters. The first kappa shape index (κ1) is 50.4. The van der Waals surface area contributed by atoms with Gasteiger partial charge in [-0.3, -0.25) is 0 Å². The van der Waals surface area contributed by atoms with Crippen molar-refractivity contribution in [1.82, 2.24) is 0 Å². The van der Waals surface area contributed by atoms with Crippen molar-refractivity contribution in [3.05, 3.63) is 53.1 Å². The topological polar surface area (TPSA) is 269 Å². The molecule has 350 valence electrons. The molecule has 0 aromatic heterocycles. The highest BCUT2D eigenvalue weighted by atomic mass is 17.2. The smallest absolute Gasteiger partial charge is 0.493 e. The fourth-order valence-corrected chi connectivity index (χ4v) is 5.54. The Balaban J connectivity index is 1.76. The van der Waals surface area contributed by atoms with Gasteiger partial charge in [0.25, 0.3) is 0 Å². The zero-order valence-corrected chi connectivity index (χ0v) is 36.3. The van der Waals surface area contributed by atoms with Crippen molar-refractivity contribution in [2.45, 2.75) is 19.8 Å². The molecule has 0 saturated carbocycles. The van der Waals surface area contributed by atoms with Crippen LogP contribution in [0.2, 0.25) is 0 Å². The fraction of sp³-hybridized carbons (Fsp3) is 0.400. The maximum atomic E-state index is 12.8. The van der Waals surface area contributed by atoms with E-state index in [2.05, 4.69) is 29.3 Å².